The van der Waals surface area contributed by atoms with E-state index >= 15 is 0 Å². The molecule has 0 spiro atoms. The van der Waals surface area contributed by atoms with Gasteiger partial charge in [-0.1, -0.05) is 0 Å². The Labute approximate surface area is 195 Å². The van der Waals surface area contributed by atoms with Gasteiger partial charge >= 0.3 is 11.4 Å². The van der Waals surface area contributed by atoms with Crippen molar-refractivity contribution in [3.05, 3.63) is 45.5 Å². The molecule has 2 unspecified atom stereocenters. The van der Waals surface area contributed by atoms with Crippen LogP contribution in [0.4, 0.5) is 11.6 Å². The zero-order valence-electron chi connectivity index (χ0n) is 18.0. The quantitative estimate of drug-likeness (QED) is 0.173. The molecule has 0 aromatic carbocycles. The van der Waals surface area contributed by atoms with Gasteiger partial charge in [-0.3, -0.25) is 19.8 Å². The minimum Gasteiger partial charge on any atom is -0.394 e. The van der Waals surface area contributed by atoms with Crippen molar-refractivity contribution in [2.24, 2.45) is 0 Å². The first kappa shape index (κ1) is 26.6. The molecule has 2 aliphatic rings. The number of aliphatic hydroxyl groups is 6. The van der Waals surface area contributed by atoms with Crippen LogP contribution in [0, 0.1) is 0 Å². The summed E-state index contributed by atoms with van der Waals surface area (Å²) in [5, 5.41) is 64.9. The Morgan fingerprint density at radius 2 is 1.29 bits per heavy atom. The van der Waals surface area contributed by atoms with E-state index in [1.165, 1.54) is 24.5 Å². The minimum absolute atomic E-state index is 0.0528. The predicted molar refractivity (Wildman–Crippen MR) is 113 cm³/mol. The molecule has 0 amide bonds. The first-order valence-corrected chi connectivity index (χ1v) is 10.2. The lowest BCUT2D eigenvalue weighted by molar-refractivity contribution is -0.0549. The molecule has 8 atom stereocenters. The van der Waals surface area contributed by atoms with Gasteiger partial charge in [-0.05, 0) is 12.1 Å². The fourth-order valence-electron chi connectivity index (χ4n) is 3.51. The van der Waals surface area contributed by atoms with Gasteiger partial charge in [0.1, 0.15) is 42.4 Å². The second-order valence-corrected chi connectivity index (χ2v) is 7.61. The number of nitrogens with one attached hydrogen (secondary N) is 1. The van der Waals surface area contributed by atoms with Crippen molar-refractivity contribution in [2.75, 3.05) is 24.4 Å². The maximum Gasteiger partial charge on any atom is 0.351 e. The monoisotopic (exact) mass is 502 g/mol. The molecule has 17 nitrogen and oxygen atoms in total. The van der Waals surface area contributed by atoms with E-state index in [9.17, 15) is 30.0 Å². The average molecular weight is 502 g/mol. The number of rotatable bonds is 5. The number of anilines is 2. The smallest absolute Gasteiger partial charge is 0.351 e. The van der Waals surface area contributed by atoms with Crippen molar-refractivity contribution in [1.29, 1.82) is 0 Å². The largest absolute Gasteiger partial charge is 0.394 e. The highest BCUT2D eigenvalue weighted by molar-refractivity contribution is 5.28. The summed E-state index contributed by atoms with van der Waals surface area (Å²) in [6.45, 7) is -0.931. The Balaban J connectivity index is 0.000000196. The molecule has 0 bridgehead atoms. The highest BCUT2D eigenvalue weighted by Gasteiger charge is 2.44. The van der Waals surface area contributed by atoms with Crippen molar-refractivity contribution in [2.45, 2.75) is 49.1 Å². The highest BCUT2D eigenvalue weighted by atomic mass is 16.6. The summed E-state index contributed by atoms with van der Waals surface area (Å²) in [4.78, 5) is 30.0. The fourth-order valence-corrected chi connectivity index (χ4v) is 3.51. The molecular weight excluding hydrogens is 476 g/mol. The molecule has 17 heteroatoms. The molecule has 2 fully saturated rings. The summed E-state index contributed by atoms with van der Waals surface area (Å²) in [6.07, 6.45) is -6.76. The summed E-state index contributed by atoms with van der Waals surface area (Å²) in [5.74, 6) is 0.000914. The molecule has 2 aromatic rings. The molecule has 10 N–H and O–H groups in total. The van der Waals surface area contributed by atoms with Crippen LogP contribution in [0.2, 0.25) is 0 Å². The first-order chi connectivity index (χ1) is 16.6. The van der Waals surface area contributed by atoms with Crippen LogP contribution >= 0.6 is 0 Å². The molecule has 194 valence electrons. The second-order valence-electron chi connectivity index (χ2n) is 7.61. The van der Waals surface area contributed by atoms with Crippen molar-refractivity contribution in [3.63, 3.8) is 0 Å². The molecule has 0 radical (unpaired) electrons. The van der Waals surface area contributed by atoms with Crippen LogP contribution in [0.5, 0.6) is 0 Å². The van der Waals surface area contributed by atoms with Crippen LogP contribution < -0.4 is 22.6 Å². The van der Waals surface area contributed by atoms with Gasteiger partial charge in [0.2, 0.25) is 0 Å². The van der Waals surface area contributed by atoms with Crippen molar-refractivity contribution in [3.8, 4) is 0 Å². The molecule has 2 aliphatic heterocycles. The molecule has 0 aliphatic carbocycles. The van der Waals surface area contributed by atoms with Gasteiger partial charge in [0, 0.05) is 12.4 Å². The van der Waals surface area contributed by atoms with Gasteiger partial charge in [0.15, 0.2) is 18.3 Å². The second kappa shape index (κ2) is 11.2. The van der Waals surface area contributed by atoms with Crippen molar-refractivity contribution < 1.29 is 45.3 Å². The zero-order chi connectivity index (χ0) is 25.9. The van der Waals surface area contributed by atoms with E-state index < -0.39 is 73.7 Å². The van der Waals surface area contributed by atoms with Crippen LogP contribution in [0.3, 0.4) is 0 Å². The summed E-state index contributed by atoms with van der Waals surface area (Å²) in [7, 11) is 0. The fraction of sp³-hybridized carbons (Fsp3) is 0.556. The molecule has 0 saturated carbocycles. The Kier molecular flexibility index (Phi) is 8.48. The standard InChI is InChI=1S/C9H13N3O6.C9H13N3O5/c13-3-4-6(14)7(15)8(18-4)12-2-1-5(11-17)10-9(12)16;10-5-1-2-12(9(16)11-5)8-7(15)6(14)4(3-13)17-8/h1-2,4,6-8,13-15,17H,3H2,(H,10,11,16);1-2,4,6-8,13-15H,3H2,(H2,10,11,16)/t2*4-,6?,7+,8-/m11/s1. The third-order valence-corrected chi connectivity index (χ3v) is 5.38. The summed E-state index contributed by atoms with van der Waals surface area (Å²) in [6, 6.07) is 2.66. The SMILES string of the molecule is Nc1ccn([C@@H]2O[C@H](CO)C(O)[C@@H]2O)c(=O)n1.O=c1nc(NO)ccn1[C@@H]1O[C@H](CO)C(O)[C@@H]1O. The number of aliphatic hydroxyl groups excluding tert-OH is 6. The van der Waals surface area contributed by atoms with E-state index in [0.29, 0.717) is 0 Å². The van der Waals surface area contributed by atoms with E-state index in [2.05, 4.69) is 9.97 Å². The first-order valence-electron chi connectivity index (χ1n) is 10.2. The van der Waals surface area contributed by atoms with E-state index in [0.717, 1.165) is 9.13 Å². The van der Waals surface area contributed by atoms with Gasteiger partial charge in [-0.25, -0.2) is 9.59 Å². The Hall–Kier alpha value is -3.00. The molecule has 2 saturated heterocycles. The molecule has 35 heavy (non-hydrogen) atoms. The summed E-state index contributed by atoms with van der Waals surface area (Å²) in [5.41, 5.74) is 5.56. The topological polar surface area (TPSA) is 268 Å². The number of ether oxygens (including phenoxy) is 2. The van der Waals surface area contributed by atoms with E-state index in [1.807, 2.05) is 0 Å². The van der Waals surface area contributed by atoms with Crippen LogP contribution in [0.15, 0.2) is 34.1 Å². The van der Waals surface area contributed by atoms with Gasteiger partial charge in [-0.2, -0.15) is 9.97 Å². The number of nitrogens with two attached hydrogens (primary N) is 1. The maximum absolute atomic E-state index is 11.6. The van der Waals surface area contributed by atoms with Crippen LogP contribution in [0.25, 0.3) is 0 Å². The number of nitrogens with zero attached hydrogens (tertiary/aromatic N) is 4. The maximum atomic E-state index is 11.6. The summed E-state index contributed by atoms with van der Waals surface area (Å²) >= 11 is 0. The van der Waals surface area contributed by atoms with E-state index in [-0.39, 0.29) is 11.6 Å². The third kappa shape index (κ3) is 5.48. The Morgan fingerprint density at radius 1 is 0.829 bits per heavy atom. The molecular formula is C18H26N6O11. The number of aromatic nitrogens is 4. The molecule has 4 rings (SSSR count). The predicted octanol–water partition coefficient (Wildman–Crippen LogP) is -4.91. The van der Waals surface area contributed by atoms with E-state index in [1.54, 1.807) is 5.48 Å². The molecule has 4 heterocycles. The normalized spacial score (nSPS) is 32.2. The number of hydrogen-bond acceptors (Lipinski definition) is 15. The van der Waals surface area contributed by atoms with Crippen LogP contribution in [-0.2, 0) is 9.47 Å². The van der Waals surface area contributed by atoms with Crippen LogP contribution in [0.1, 0.15) is 12.5 Å². The van der Waals surface area contributed by atoms with E-state index in [4.69, 9.17) is 30.6 Å². The van der Waals surface area contributed by atoms with Gasteiger partial charge < -0.3 is 45.8 Å². The molecule has 2 aromatic heterocycles. The van der Waals surface area contributed by atoms with Gasteiger partial charge in [-0.15, -0.1) is 0 Å². The minimum atomic E-state index is -1.35. The van der Waals surface area contributed by atoms with Gasteiger partial charge in [0.25, 0.3) is 0 Å². The number of hydrogen-bond donors (Lipinski definition) is 9. The lowest BCUT2D eigenvalue weighted by atomic mass is 10.1. The lowest BCUT2D eigenvalue weighted by Crippen LogP contribution is -2.36. The van der Waals surface area contributed by atoms with Crippen LogP contribution in [-0.4, -0.2) is 105 Å². The lowest BCUT2D eigenvalue weighted by Gasteiger charge is -2.16. The van der Waals surface area contributed by atoms with Crippen molar-refractivity contribution >= 4 is 11.6 Å². The number of nitrogen functional groups attached to an aromatic ring is 1. The highest BCUT2D eigenvalue weighted by Crippen LogP contribution is 2.29. The average Bonchev–Trinajstić information content (AvgIpc) is 3.29. The zero-order valence-corrected chi connectivity index (χ0v) is 18.0. The summed E-state index contributed by atoms with van der Waals surface area (Å²) < 4.78 is 12.3. The Bertz CT molecular complexity index is 1110. The third-order valence-electron chi connectivity index (χ3n) is 5.38. The van der Waals surface area contributed by atoms with Crippen molar-refractivity contribution in [1.82, 2.24) is 19.1 Å². The van der Waals surface area contributed by atoms with Gasteiger partial charge in [0.05, 0.1) is 13.2 Å². The Morgan fingerprint density at radius 3 is 1.66 bits per heavy atom.